The highest BCUT2D eigenvalue weighted by molar-refractivity contribution is 5.76. The fraction of sp³-hybridized carbons (Fsp3) is 0.368. The number of pyridine rings is 2. The van der Waals surface area contributed by atoms with Crippen LogP contribution in [0.1, 0.15) is 50.6 Å². The zero-order chi connectivity index (χ0) is 17.1. The van der Waals surface area contributed by atoms with Crippen molar-refractivity contribution in [1.29, 1.82) is 0 Å². The largest absolute Gasteiger partial charge is 0.480 e. The Balaban J connectivity index is 2.70. The van der Waals surface area contributed by atoms with E-state index in [4.69, 9.17) is 15.5 Å². The summed E-state index contributed by atoms with van der Waals surface area (Å²) in [6.07, 6.45) is 0.831. The minimum absolute atomic E-state index is 0.342. The standard InChI is InChI=1S/C19H25N3O/c1-7-13-10-15(20)17(12(4)5)22-18(13)14-8-9-16(11(2)3)21-19(14)23-6/h8-11H,4,7,20H2,1-3,5-6H3. The molecule has 0 radical (unpaired) electrons. The molecule has 23 heavy (non-hydrogen) atoms. The smallest absolute Gasteiger partial charge is 0.222 e. The number of ether oxygens (including phenoxy) is 1. The molecule has 4 heteroatoms. The number of hydrogen-bond acceptors (Lipinski definition) is 4. The van der Waals surface area contributed by atoms with E-state index in [-0.39, 0.29) is 0 Å². The van der Waals surface area contributed by atoms with E-state index in [0.717, 1.165) is 40.2 Å². The third-order valence-electron chi connectivity index (χ3n) is 3.84. The molecular formula is C19H25N3O. The summed E-state index contributed by atoms with van der Waals surface area (Å²) in [5.41, 5.74) is 12.2. The van der Waals surface area contributed by atoms with Gasteiger partial charge in [0.2, 0.25) is 5.88 Å². The van der Waals surface area contributed by atoms with Crippen molar-refractivity contribution in [2.75, 3.05) is 12.8 Å². The summed E-state index contributed by atoms with van der Waals surface area (Å²) in [6, 6.07) is 6.03. The van der Waals surface area contributed by atoms with Gasteiger partial charge in [0.25, 0.3) is 0 Å². The molecule has 0 atom stereocenters. The van der Waals surface area contributed by atoms with Gasteiger partial charge in [-0.2, -0.15) is 0 Å². The Morgan fingerprint density at radius 3 is 2.52 bits per heavy atom. The van der Waals surface area contributed by atoms with Crippen molar-refractivity contribution in [2.45, 2.75) is 40.0 Å². The number of hydrogen-bond donors (Lipinski definition) is 1. The molecule has 0 saturated heterocycles. The maximum absolute atomic E-state index is 6.11. The van der Waals surface area contributed by atoms with Crippen LogP contribution in [0.4, 0.5) is 5.69 Å². The molecule has 0 aromatic carbocycles. The highest BCUT2D eigenvalue weighted by Crippen LogP contribution is 2.34. The molecule has 0 amide bonds. The Labute approximate surface area is 138 Å². The number of nitrogens with zero attached hydrogens (tertiary/aromatic N) is 2. The third-order valence-corrected chi connectivity index (χ3v) is 3.84. The average Bonchev–Trinajstić information content (AvgIpc) is 2.53. The van der Waals surface area contributed by atoms with E-state index in [1.165, 1.54) is 0 Å². The van der Waals surface area contributed by atoms with Gasteiger partial charge in [-0.1, -0.05) is 27.4 Å². The van der Waals surface area contributed by atoms with Gasteiger partial charge in [-0.15, -0.1) is 0 Å². The zero-order valence-electron chi connectivity index (χ0n) is 14.6. The van der Waals surface area contributed by atoms with Gasteiger partial charge in [0.1, 0.15) is 0 Å². The molecule has 0 fully saturated rings. The molecule has 0 unspecified atom stereocenters. The second-order valence-electron chi connectivity index (χ2n) is 6.02. The molecule has 122 valence electrons. The monoisotopic (exact) mass is 311 g/mol. The Morgan fingerprint density at radius 2 is 2.00 bits per heavy atom. The number of nitrogens with two attached hydrogens (primary N) is 1. The normalized spacial score (nSPS) is 10.9. The molecule has 4 nitrogen and oxygen atoms in total. The first-order valence-electron chi connectivity index (χ1n) is 7.89. The van der Waals surface area contributed by atoms with Crippen molar-refractivity contribution in [3.63, 3.8) is 0 Å². The first-order chi connectivity index (χ1) is 10.9. The SMILES string of the molecule is C=C(C)c1nc(-c2ccc(C(C)C)nc2OC)c(CC)cc1N. The number of anilines is 1. The van der Waals surface area contributed by atoms with Gasteiger partial charge in [0.05, 0.1) is 29.7 Å². The number of aryl methyl sites for hydroxylation is 1. The van der Waals surface area contributed by atoms with Crippen molar-refractivity contribution in [1.82, 2.24) is 9.97 Å². The molecule has 0 saturated carbocycles. The lowest BCUT2D eigenvalue weighted by atomic mass is 10.0. The molecule has 2 N–H and O–H groups in total. The number of methoxy groups -OCH3 is 1. The lowest BCUT2D eigenvalue weighted by Gasteiger charge is -2.16. The van der Waals surface area contributed by atoms with E-state index in [2.05, 4.69) is 32.3 Å². The summed E-state index contributed by atoms with van der Waals surface area (Å²) in [7, 11) is 1.64. The van der Waals surface area contributed by atoms with Gasteiger partial charge >= 0.3 is 0 Å². The van der Waals surface area contributed by atoms with Crippen LogP contribution in [-0.4, -0.2) is 17.1 Å². The molecule has 0 bridgehead atoms. The van der Waals surface area contributed by atoms with Crippen molar-refractivity contribution < 1.29 is 4.74 Å². The molecule has 0 aliphatic heterocycles. The van der Waals surface area contributed by atoms with E-state index < -0.39 is 0 Å². The van der Waals surface area contributed by atoms with Crippen LogP contribution < -0.4 is 10.5 Å². The fourth-order valence-electron chi connectivity index (χ4n) is 2.53. The Hall–Kier alpha value is -2.36. The predicted molar refractivity (Wildman–Crippen MR) is 96.6 cm³/mol. The molecule has 2 rings (SSSR count). The second kappa shape index (κ2) is 6.82. The first-order valence-corrected chi connectivity index (χ1v) is 7.89. The van der Waals surface area contributed by atoms with E-state index in [0.29, 0.717) is 17.5 Å². The topological polar surface area (TPSA) is 61.0 Å². The maximum Gasteiger partial charge on any atom is 0.222 e. The highest BCUT2D eigenvalue weighted by Gasteiger charge is 2.17. The summed E-state index contributed by atoms with van der Waals surface area (Å²) in [5.74, 6) is 0.935. The van der Waals surface area contributed by atoms with Crippen LogP contribution >= 0.6 is 0 Å². The van der Waals surface area contributed by atoms with E-state index in [1.807, 2.05) is 25.1 Å². The van der Waals surface area contributed by atoms with Crippen LogP contribution in [0, 0.1) is 0 Å². The third kappa shape index (κ3) is 3.36. The number of nitrogen functional groups attached to an aromatic ring is 1. The van der Waals surface area contributed by atoms with Gasteiger partial charge in [-0.05, 0) is 48.6 Å². The van der Waals surface area contributed by atoms with Crippen molar-refractivity contribution in [3.05, 3.63) is 41.7 Å². The molecule has 0 spiro atoms. The summed E-state index contributed by atoms with van der Waals surface area (Å²) in [6.45, 7) is 12.2. The van der Waals surface area contributed by atoms with Crippen LogP contribution in [0.2, 0.25) is 0 Å². The quantitative estimate of drug-likeness (QED) is 0.886. The van der Waals surface area contributed by atoms with Crippen LogP contribution in [0.25, 0.3) is 16.8 Å². The molecule has 0 aliphatic rings. The van der Waals surface area contributed by atoms with E-state index in [1.54, 1.807) is 7.11 Å². The maximum atomic E-state index is 6.11. The molecule has 0 aliphatic carbocycles. The molecule has 2 heterocycles. The molecule has 2 aromatic heterocycles. The zero-order valence-corrected chi connectivity index (χ0v) is 14.6. The highest BCUT2D eigenvalue weighted by atomic mass is 16.5. The summed E-state index contributed by atoms with van der Waals surface area (Å²) in [4.78, 5) is 9.37. The summed E-state index contributed by atoms with van der Waals surface area (Å²) >= 11 is 0. The number of allylic oxidation sites excluding steroid dienone is 1. The van der Waals surface area contributed by atoms with Crippen molar-refractivity contribution in [3.8, 4) is 17.1 Å². The molecular weight excluding hydrogens is 286 g/mol. The second-order valence-corrected chi connectivity index (χ2v) is 6.02. The van der Waals surface area contributed by atoms with Crippen molar-refractivity contribution >= 4 is 11.3 Å². The Kier molecular flexibility index (Phi) is 5.04. The van der Waals surface area contributed by atoms with Crippen LogP contribution in [0.5, 0.6) is 5.88 Å². The summed E-state index contributed by atoms with van der Waals surface area (Å²) in [5, 5.41) is 0. The minimum atomic E-state index is 0.342. The lowest BCUT2D eigenvalue weighted by molar-refractivity contribution is 0.397. The van der Waals surface area contributed by atoms with Gasteiger partial charge < -0.3 is 10.5 Å². The number of rotatable bonds is 5. The minimum Gasteiger partial charge on any atom is -0.480 e. The van der Waals surface area contributed by atoms with Gasteiger partial charge in [0.15, 0.2) is 0 Å². The van der Waals surface area contributed by atoms with Crippen molar-refractivity contribution in [2.24, 2.45) is 0 Å². The summed E-state index contributed by atoms with van der Waals surface area (Å²) < 4.78 is 5.52. The average molecular weight is 311 g/mol. The predicted octanol–water partition coefficient (Wildman–Crippen LogP) is 4.45. The van der Waals surface area contributed by atoms with Crippen LogP contribution in [0.3, 0.4) is 0 Å². The lowest BCUT2D eigenvalue weighted by Crippen LogP contribution is -2.04. The van der Waals surface area contributed by atoms with Gasteiger partial charge in [0, 0.05) is 5.69 Å². The molecule has 2 aromatic rings. The van der Waals surface area contributed by atoms with E-state index >= 15 is 0 Å². The van der Waals surface area contributed by atoms with Crippen LogP contribution in [-0.2, 0) is 6.42 Å². The Morgan fingerprint density at radius 1 is 1.30 bits per heavy atom. The first kappa shape index (κ1) is 17.0. The Bertz CT molecular complexity index is 736. The number of aromatic nitrogens is 2. The van der Waals surface area contributed by atoms with E-state index in [9.17, 15) is 0 Å². The van der Waals surface area contributed by atoms with Gasteiger partial charge in [-0.25, -0.2) is 9.97 Å². The van der Waals surface area contributed by atoms with Crippen LogP contribution in [0.15, 0.2) is 24.8 Å². The van der Waals surface area contributed by atoms with Gasteiger partial charge in [-0.3, -0.25) is 0 Å². The fourth-order valence-corrected chi connectivity index (χ4v) is 2.53.